The molecule has 3 aliphatic rings. The molecule has 8 heteroatoms. The van der Waals surface area contributed by atoms with Crippen molar-refractivity contribution in [2.45, 2.75) is 19.8 Å². The average Bonchev–Trinajstić information content (AvgIpc) is 3.37. The first kappa shape index (κ1) is 21.7. The van der Waals surface area contributed by atoms with E-state index in [1.165, 1.54) is 16.0 Å². The summed E-state index contributed by atoms with van der Waals surface area (Å²) in [4.78, 5) is 35.1. The Labute approximate surface area is 188 Å². The molecule has 0 radical (unpaired) electrons. The first-order valence-electron chi connectivity index (χ1n) is 9.97. The van der Waals surface area contributed by atoms with Crippen LogP contribution in [0.3, 0.4) is 0 Å². The number of likely N-dealkylation sites (tertiary alicyclic amines) is 1. The zero-order chi connectivity index (χ0) is 19.7. The number of aliphatic imine (C=N–C) groups is 1. The summed E-state index contributed by atoms with van der Waals surface area (Å²) in [5.41, 5.74) is 2.42. The number of aromatic nitrogens is 1. The van der Waals surface area contributed by atoms with E-state index in [-0.39, 0.29) is 59.5 Å². The average molecular weight is 509 g/mol. The molecule has 1 saturated heterocycles. The van der Waals surface area contributed by atoms with Gasteiger partial charge in [0.1, 0.15) is 0 Å². The zero-order valence-electron chi connectivity index (χ0n) is 16.8. The van der Waals surface area contributed by atoms with Crippen LogP contribution in [0.4, 0.5) is 0 Å². The largest absolute Gasteiger partial charge is 0.356 e. The van der Waals surface area contributed by atoms with Crippen molar-refractivity contribution >= 4 is 41.8 Å². The minimum atomic E-state index is -0.122. The molecule has 156 valence electrons. The number of aryl methyl sites for hydroxylation is 1. The van der Waals surface area contributed by atoms with Crippen LogP contribution in [0.15, 0.2) is 35.6 Å². The number of allylic oxidation sites excluding steroid dienone is 2. The van der Waals surface area contributed by atoms with Crippen LogP contribution in [-0.2, 0) is 16.0 Å². The summed E-state index contributed by atoms with van der Waals surface area (Å²) >= 11 is 0. The highest BCUT2D eigenvalue weighted by atomic mass is 127. The number of imide groups is 1. The van der Waals surface area contributed by atoms with Crippen molar-refractivity contribution in [3.8, 4) is 0 Å². The van der Waals surface area contributed by atoms with Gasteiger partial charge in [-0.3, -0.25) is 24.5 Å². The van der Waals surface area contributed by atoms with E-state index in [1.54, 1.807) is 13.2 Å². The zero-order valence-corrected chi connectivity index (χ0v) is 19.1. The highest BCUT2D eigenvalue weighted by Gasteiger charge is 2.58. The van der Waals surface area contributed by atoms with Gasteiger partial charge in [-0.15, -0.1) is 24.0 Å². The molecule has 1 aromatic heterocycles. The molecule has 2 heterocycles. The van der Waals surface area contributed by atoms with Crippen LogP contribution in [0, 0.1) is 30.6 Å². The Morgan fingerprint density at radius 2 is 1.83 bits per heavy atom. The summed E-state index contributed by atoms with van der Waals surface area (Å²) < 4.78 is 0. The Kier molecular flexibility index (Phi) is 6.92. The highest BCUT2D eigenvalue weighted by molar-refractivity contribution is 14.0. The molecular formula is C21H28IN5O2. The smallest absolute Gasteiger partial charge is 0.233 e. The van der Waals surface area contributed by atoms with Crippen molar-refractivity contribution in [1.82, 2.24) is 20.5 Å². The Balaban J connectivity index is 0.00000240. The predicted molar refractivity (Wildman–Crippen MR) is 122 cm³/mol. The first-order chi connectivity index (χ1) is 13.6. The van der Waals surface area contributed by atoms with Crippen LogP contribution in [0.25, 0.3) is 0 Å². The van der Waals surface area contributed by atoms with Gasteiger partial charge in [-0.1, -0.05) is 12.2 Å². The molecule has 7 nitrogen and oxygen atoms in total. The monoisotopic (exact) mass is 509 g/mol. The molecule has 2 amide bonds. The molecule has 2 bridgehead atoms. The molecule has 2 fully saturated rings. The highest BCUT2D eigenvalue weighted by Crippen LogP contribution is 2.52. The van der Waals surface area contributed by atoms with Crippen LogP contribution in [-0.4, -0.2) is 54.3 Å². The minimum absolute atomic E-state index is 0. The van der Waals surface area contributed by atoms with Gasteiger partial charge in [-0.25, -0.2) is 0 Å². The molecule has 2 N–H and O–H groups in total. The van der Waals surface area contributed by atoms with E-state index >= 15 is 0 Å². The summed E-state index contributed by atoms with van der Waals surface area (Å²) in [5.74, 6) is 0.959. The van der Waals surface area contributed by atoms with Gasteiger partial charge in [0.2, 0.25) is 11.8 Å². The number of nitrogens with zero attached hydrogens (tertiary/aromatic N) is 3. The predicted octanol–water partition coefficient (Wildman–Crippen LogP) is 1.52. The van der Waals surface area contributed by atoms with E-state index in [0.29, 0.717) is 19.0 Å². The molecule has 4 rings (SSSR count). The summed E-state index contributed by atoms with van der Waals surface area (Å²) in [6, 6.07) is 2.02. The minimum Gasteiger partial charge on any atom is -0.356 e. The van der Waals surface area contributed by atoms with Crippen LogP contribution >= 0.6 is 24.0 Å². The van der Waals surface area contributed by atoms with Crippen molar-refractivity contribution in [1.29, 1.82) is 0 Å². The molecule has 4 atom stereocenters. The van der Waals surface area contributed by atoms with Crippen molar-refractivity contribution in [2.24, 2.45) is 28.7 Å². The lowest BCUT2D eigenvalue weighted by Crippen LogP contribution is -2.44. The topological polar surface area (TPSA) is 86.7 Å². The van der Waals surface area contributed by atoms with Crippen LogP contribution in [0.2, 0.25) is 0 Å². The summed E-state index contributed by atoms with van der Waals surface area (Å²) in [6.07, 6.45) is 9.74. The number of rotatable bonds is 6. The van der Waals surface area contributed by atoms with E-state index in [4.69, 9.17) is 0 Å². The lowest BCUT2D eigenvalue weighted by molar-refractivity contribution is -0.140. The Morgan fingerprint density at radius 1 is 1.17 bits per heavy atom. The molecule has 1 saturated carbocycles. The number of guanidine groups is 1. The van der Waals surface area contributed by atoms with Crippen molar-refractivity contribution < 1.29 is 9.59 Å². The third kappa shape index (κ3) is 4.17. The van der Waals surface area contributed by atoms with Gasteiger partial charge in [-0.2, -0.15) is 0 Å². The van der Waals surface area contributed by atoms with Gasteiger partial charge in [0.25, 0.3) is 0 Å². The number of halogens is 1. The van der Waals surface area contributed by atoms with Crippen LogP contribution < -0.4 is 10.6 Å². The number of hydrogen-bond donors (Lipinski definition) is 2. The lowest BCUT2D eigenvalue weighted by atomic mass is 9.85. The standard InChI is InChI=1S/C21H27N5O2.HI/c1-13-12-23-7-5-14(13)6-8-24-21(22-2)25-9-10-26-19(27)17-15-3-4-16(11-15)18(17)20(26)28;/h3-5,7,12,15-18H,6,8-11H2,1-2H3,(H2,22,24,25);1H. The first-order valence-corrected chi connectivity index (χ1v) is 9.97. The lowest BCUT2D eigenvalue weighted by Gasteiger charge is -2.18. The fraction of sp³-hybridized carbons (Fsp3) is 0.524. The number of nitrogens with one attached hydrogen (secondary N) is 2. The summed E-state index contributed by atoms with van der Waals surface area (Å²) in [7, 11) is 1.72. The molecule has 0 aromatic carbocycles. The maximum atomic E-state index is 12.7. The molecule has 29 heavy (non-hydrogen) atoms. The van der Waals surface area contributed by atoms with E-state index in [9.17, 15) is 9.59 Å². The van der Waals surface area contributed by atoms with Gasteiger partial charge < -0.3 is 10.6 Å². The molecule has 0 spiro atoms. The second-order valence-corrected chi connectivity index (χ2v) is 7.81. The fourth-order valence-corrected chi connectivity index (χ4v) is 4.79. The third-order valence-electron chi connectivity index (χ3n) is 6.24. The van der Waals surface area contributed by atoms with Gasteiger partial charge in [0, 0.05) is 39.1 Å². The molecular weight excluding hydrogens is 481 g/mol. The van der Waals surface area contributed by atoms with Gasteiger partial charge in [0.05, 0.1) is 11.8 Å². The van der Waals surface area contributed by atoms with Crippen LogP contribution in [0.5, 0.6) is 0 Å². The maximum absolute atomic E-state index is 12.7. The number of carbonyl (C=O) groups is 2. The van der Waals surface area contributed by atoms with Gasteiger partial charge in [0.15, 0.2) is 5.96 Å². The van der Waals surface area contributed by atoms with E-state index < -0.39 is 0 Å². The Bertz CT molecular complexity index is 810. The number of pyridine rings is 1. The van der Waals surface area contributed by atoms with E-state index in [1.807, 2.05) is 12.3 Å². The third-order valence-corrected chi connectivity index (χ3v) is 6.24. The number of amides is 2. The SMILES string of the molecule is CN=C(NCCc1ccncc1C)NCCN1C(=O)C2C3C=CC(C3)C2C1=O.I. The van der Waals surface area contributed by atoms with Gasteiger partial charge in [-0.05, 0) is 48.8 Å². The van der Waals surface area contributed by atoms with Crippen molar-refractivity contribution in [3.05, 3.63) is 41.7 Å². The van der Waals surface area contributed by atoms with Crippen molar-refractivity contribution in [2.75, 3.05) is 26.7 Å². The molecule has 2 aliphatic carbocycles. The second kappa shape index (κ2) is 9.23. The normalized spacial score (nSPS) is 27.2. The van der Waals surface area contributed by atoms with Crippen molar-refractivity contribution in [3.63, 3.8) is 0 Å². The summed E-state index contributed by atoms with van der Waals surface area (Å²) in [5, 5.41) is 6.48. The number of carbonyl (C=O) groups excluding carboxylic acids is 2. The van der Waals surface area contributed by atoms with Gasteiger partial charge >= 0.3 is 0 Å². The van der Waals surface area contributed by atoms with E-state index in [0.717, 1.165) is 19.4 Å². The van der Waals surface area contributed by atoms with E-state index in [2.05, 4.69) is 39.7 Å². The Morgan fingerprint density at radius 3 is 2.45 bits per heavy atom. The Hall–Kier alpha value is -1.97. The number of fused-ring (bicyclic) bond motifs is 5. The van der Waals surface area contributed by atoms with Crippen LogP contribution in [0.1, 0.15) is 17.5 Å². The fourth-order valence-electron chi connectivity index (χ4n) is 4.79. The molecule has 1 aliphatic heterocycles. The maximum Gasteiger partial charge on any atom is 0.233 e. The summed E-state index contributed by atoms with van der Waals surface area (Å²) in [6.45, 7) is 3.67. The second-order valence-electron chi connectivity index (χ2n) is 7.81. The molecule has 4 unspecified atom stereocenters. The quantitative estimate of drug-likeness (QED) is 0.200. The number of hydrogen-bond acceptors (Lipinski definition) is 4. The molecule has 1 aromatic rings.